The summed E-state index contributed by atoms with van der Waals surface area (Å²) in [7, 11) is 4.06. The molecule has 1 aliphatic carbocycles. The minimum Gasteiger partial charge on any atom is -0.378 e. The number of anilines is 1. The number of rotatable bonds is 6. The van der Waals surface area contributed by atoms with E-state index in [1.165, 1.54) is 11.3 Å². The SMILES string of the molecule is CC(NC(C)c1ccc(N(C)C)cc1)C(=O)NC1CC1. The van der Waals surface area contributed by atoms with E-state index in [1.54, 1.807) is 0 Å². The van der Waals surface area contributed by atoms with Crippen LogP contribution in [0.2, 0.25) is 0 Å². The lowest BCUT2D eigenvalue weighted by atomic mass is 10.1. The first-order valence-electron chi connectivity index (χ1n) is 7.31. The number of nitrogens with zero attached hydrogens (tertiary/aromatic N) is 1. The number of hydrogen-bond donors (Lipinski definition) is 2. The molecular weight excluding hydrogens is 250 g/mol. The molecule has 1 fully saturated rings. The molecule has 4 heteroatoms. The lowest BCUT2D eigenvalue weighted by Gasteiger charge is -2.21. The smallest absolute Gasteiger partial charge is 0.237 e. The largest absolute Gasteiger partial charge is 0.378 e. The van der Waals surface area contributed by atoms with Gasteiger partial charge in [-0.05, 0) is 44.4 Å². The number of carbonyl (C=O) groups excluding carboxylic acids is 1. The van der Waals surface area contributed by atoms with Crippen molar-refractivity contribution in [2.24, 2.45) is 0 Å². The quantitative estimate of drug-likeness (QED) is 0.835. The molecule has 0 aliphatic heterocycles. The van der Waals surface area contributed by atoms with Crippen LogP contribution in [-0.2, 0) is 4.79 Å². The molecule has 0 heterocycles. The highest BCUT2D eigenvalue weighted by Crippen LogP contribution is 2.20. The lowest BCUT2D eigenvalue weighted by molar-refractivity contribution is -0.123. The minimum atomic E-state index is -0.167. The van der Waals surface area contributed by atoms with Crippen molar-refractivity contribution >= 4 is 11.6 Å². The van der Waals surface area contributed by atoms with Crippen LogP contribution < -0.4 is 15.5 Å². The van der Waals surface area contributed by atoms with Crippen LogP contribution in [0.4, 0.5) is 5.69 Å². The number of amides is 1. The van der Waals surface area contributed by atoms with Gasteiger partial charge in [-0.3, -0.25) is 10.1 Å². The number of carbonyl (C=O) groups is 1. The minimum absolute atomic E-state index is 0.101. The summed E-state index contributed by atoms with van der Waals surface area (Å²) in [5.41, 5.74) is 2.38. The van der Waals surface area contributed by atoms with E-state index in [9.17, 15) is 4.79 Å². The van der Waals surface area contributed by atoms with Crippen molar-refractivity contribution in [3.63, 3.8) is 0 Å². The normalized spacial score (nSPS) is 17.4. The third kappa shape index (κ3) is 3.97. The molecule has 1 amide bonds. The Morgan fingerprint density at radius 2 is 1.80 bits per heavy atom. The van der Waals surface area contributed by atoms with E-state index >= 15 is 0 Å². The van der Waals surface area contributed by atoms with Gasteiger partial charge < -0.3 is 10.2 Å². The molecule has 1 aliphatic rings. The van der Waals surface area contributed by atoms with Gasteiger partial charge in [0.05, 0.1) is 6.04 Å². The molecule has 0 radical (unpaired) electrons. The summed E-state index contributed by atoms with van der Waals surface area (Å²) in [6, 6.07) is 8.83. The van der Waals surface area contributed by atoms with Crippen molar-refractivity contribution < 1.29 is 4.79 Å². The number of hydrogen-bond acceptors (Lipinski definition) is 3. The topological polar surface area (TPSA) is 44.4 Å². The zero-order valence-corrected chi connectivity index (χ0v) is 12.8. The molecular formula is C16H25N3O. The monoisotopic (exact) mass is 275 g/mol. The van der Waals surface area contributed by atoms with Gasteiger partial charge in [-0.25, -0.2) is 0 Å². The van der Waals surface area contributed by atoms with Gasteiger partial charge in [0.2, 0.25) is 5.91 Å². The first-order chi connectivity index (χ1) is 9.47. The highest BCUT2D eigenvalue weighted by Gasteiger charge is 2.26. The molecule has 0 saturated heterocycles. The molecule has 110 valence electrons. The van der Waals surface area contributed by atoms with Gasteiger partial charge in [-0.2, -0.15) is 0 Å². The summed E-state index contributed by atoms with van der Waals surface area (Å²) in [5.74, 6) is 0.101. The van der Waals surface area contributed by atoms with Gasteiger partial charge in [0, 0.05) is 31.9 Å². The van der Waals surface area contributed by atoms with Crippen LogP contribution in [-0.4, -0.2) is 32.1 Å². The maximum atomic E-state index is 11.9. The van der Waals surface area contributed by atoms with Crippen LogP contribution in [0.3, 0.4) is 0 Å². The Balaban J connectivity index is 1.89. The van der Waals surface area contributed by atoms with Gasteiger partial charge in [0.25, 0.3) is 0 Å². The Labute approximate surface area is 121 Å². The molecule has 2 unspecified atom stereocenters. The third-order valence-electron chi connectivity index (χ3n) is 3.73. The fraction of sp³-hybridized carbons (Fsp3) is 0.562. The van der Waals surface area contributed by atoms with Crippen LogP contribution in [0.5, 0.6) is 0 Å². The molecule has 1 saturated carbocycles. The van der Waals surface area contributed by atoms with E-state index in [1.807, 2.05) is 21.0 Å². The predicted octanol–water partition coefficient (Wildman–Crippen LogP) is 2.07. The van der Waals surface area contributed by atoms with E-state index in [0.29, 0.717) is 6.04 Å². The van der Waals surface area contributed by atoms with E-state index < -0.39 is 0 Å². The van der Waals surface area contributed by atoms with Crippen molar-refractivity contribution in [1.29, 1.82) is 0 Å². The number of nitrogens with one attached hydrogen (secondary N) is 2. The first-order valence-corrected chi connectivity index (χ1v) is 7.31. The van der Waals surface area contributed by atoms with Gasteiger partial charge >= 0.3 is 0 Å². The lowest BCUT2D eigenvalue weighted by Crippen LogP contribution is -2.43. The molecule has 4 nitrogen and oxygen atoms in total. The van der Waals surface area contributed by atoms with E-state index in [4.69, 9.17) is 0 Å². The fourth-order valence-corrected chi connectivity index (χ4v) is 2.16. The van der Waals surface area contributed by atoms with Crippen LogP contribution >= 0.6 is 0 Å². The first kappa shape index (κ1) is 14.9. The summed E-state index contributed by atoms with van der Waals surface area (Å²) in [6.07, 6.45) is 2.25. The van der Waals surface area contributed by atoms with Gasteiger partial charge in [0.1, 0.15) is 0 Å². The third-order valence-corrected chi connectivity index (χ3v) is 3.73. The molecule has 2 atom stereocenters. The fourth-order valence-electron chi connectivity index (χ4n) is 2.16. The van der Waals surface area contributed by atoms with Crippen molar-refractivity contribution in [1.82, 2.24) is 10.6 Å². The zero-order valence-electron chi connectivity index (χ0n) is 12.8. The molecule has 20 heavy (non-hydrogen) atoms. The maximum Gasteiger partial charge on any atom is 0.237 e. The maximum absolute atomic E-state index is 11.9. The van der Waals surface area contributed by atoms with Crippen LogP contribution in [0, 0.1) is 0 Å². The van der Waals surface area contributed by atoms with E-state index in [0.717, 1.165) is 12.8 Å². The summed E-state index contributed by atoms with van der Waals surface area (Å²) >= 11 is 0. The Kier molecular flexibility index (Phi) is 4.65. The molecule has 2 N–H and O–H groups in total. The summed E-state index contributed by atoms with van der Waals surface area (Å²) < 4.78 is 0. The Bertz CT molecular complexity index is 451. The average molecular weight is 275 g/mol. The highest BCUT2D eigenvalue weighted by atomic mass is 16.2. The molecule has 0 spiro atoms. The van der Waals surface area contributed by atoms with Crippen molar-refractivity contribution in [2.45, 2.75) is 44.8 Å². The standard InChI is InChI=1S/C16H25N3O/c1-11(13-5-9-15(10-6-13)19(3)4)17-12(2)16(20)18-14-7-8-14/h5-6,9-12,14,17H,7-8H2,1-4H3,(H,18,20). The predicted molar refractivity (Wildman–Crippen MR) is 82.9 cm³/mol. The Morgan fingerprint density at radius 3 is 2.30 bits per heavy atom. The molecule has 0 bridgehead atoms. The zero-order chi connectivity index (χ0) is 14.7. The second-order valence-corrected chi connectivity index (χ2v) is 5.88. The van der Waals surface area contributed by atoms with Gasteiger partial charge in [-0.15, -0.1) is 0 Å². The molecule has 0 aromatic heterocycles. The summed E-state index contributed by atoms with van der Waals surface area (Å²) in [6.45, 7) is 4.01. The van der Waals surface area contributed by atoms with Gasteiger partial charge in [0.15, 0.2) is 0 Å². The summed E-state index contributed by atoms with van der Waals surface area (Å²) in [5, 5.41) is 6.38. The van der Waals surface area contributed by atoms with E-state index in [2.05, 4.69) is 46.7 Å². The van der Waals surface area contributed by atoms with Gasteiger partial charge in [-0.1, -0.05) is 12.1 Å². The molecule has 1 aromatic carbocycles. The average Bonchev–Trinajstić information content (AvgIpc) is 3.22. The van der Waals surface area contributed by atoms with Crippen molar-refractivity contribution in [2.75, 3.05) is 19.0 Å². The summed E-state index contributed by atoms with van der Waals surface area (Å²) in [4.78, 5) is 14.0. The van der Waals surface area contributed by atoms with Crippen LogP contribution in [0.15, 0.2) is 24.3 Å². The highest BCUT2D eigenvalue weighted by molar-refractivity contribution is 5.81. The second-order valence-electron chi connectivity index (χ2n) is 5.88. The number of benzene rings is 1. The Morgan fingerprint density at radius 1 is 1.20 bits per heavy atom. The van der Waals surface area contributed by atoms with Crippen molar-refractivity contribution in [3.05, 3.63) is 29.8 Å². The molecule has 1 aromatic rings. The van der Waals surface area contributed by atoms with Crippen LogP contribution in [0.1, 0.15) is 38.3 Å². The van der Waals surface area contributed by atoms with E-state index in [-0.39, 0.29) is 18.0 Å². The second kappa shape index (κ2) is 6.27. The van der Waals surface area contributed by atoms with Crippen molar-refractivity contribution in [3.8, 4) is 0 Å². The molecule has 2 rings (SSSR count). The Hall–Kier alpha value is -1.55. The van der Waals surface area contributed by atoms with Crippen LogP contribution in [0.25, 0.3) is 0 Å².